The van der Waals surface area contributed by atoms with E-state index in [4.69, 9.17) is 0 Å². The first-order valence-electron chi connectivity index (χ1n) is 11.1. The van der Waals surface area contributed by atoms with Gasteiger partial charge in [0.1, 0.15) is 0 Å². The van der Waals surface area contributed by atoms with E-state index in [0.29, 0.717) is 0 Å². The standard InChI is InChI=1S/C27H35Si.3ClH.Ti/c1-7-8-10-13-23-16-25(24-14-11-9-12-15-24)26(17-23)28-27-21(5)19(3)18(2)20(4)22(27)6;;;;/h9,11-12,14-15H,7-8,10,13,17,28H2,1-6H3;3*1H;/q;;;;+3/p-3. The van der Waals surface area contributed by atoms with Gasteiger partial charge in [-0.1, -0.05) is 0 Å². The average molecular weight is 542 g/mol. The molecule has 5 heteroatoms. The van der Waals surface area contributed by atoms with E-state index in [1.165, 1.54) is 54.4 Å². The second-order valence-electron chi connectivity index (χ2n) is 8.74. The van der Waals surface area contributed by atoms with Crippen LogP contribution in [0.3, 0.4) is 0 Å². The van der Waals surface area contributed by atoms with Crippen LogP contribution in [0.15, 0.2) is 45.0 Å². The fourth-order valence-corrected chi connectivity index (χ4v) is 8.33. The SMILES string of the molecule is CCCCCC1=[C]([Ti+3])C(c2ccccc2)=C([SiH2]c2c(C)c(C)c(C)c(C)c2C)C1.[Cl-].[Cl-].[Cl-]. The third-order valence-corrected chi connectivity index (χ3v) is 10.5. The quantitative estimate of drug-likeness (QED) is 0.263. The summed E-state index contributed by atoms with van der Waals surface area (Å²) in [7, 11) is -0.497. The molecule has 0 amide bonds. The Labute approximate surface area is 228 Å². The van der Waals surface area contributed by atoms with Gasteiger partial charge in [0.2, 0.25) is 0 Å². The zero-order valence-corrected chi connectivity index (χ0v) is 25.5. The molecule has 172 valence electrons. The minimum Gasteiger partial charge on any atom is -1.00 e. The molecule has 0 N–H and O–H groups in total. The Morgan fingerprint density at radius 1 is 0.781 bits per heavy atom. The number of hydrogen-bond acceptors (Lipinski definition) is 0. The monoisotopic (exact) mass is 540 g/mol. The van der Waals surface area contributed by atoms with Crippen LogP contribution >= 0.6 is 0 Å². The molecule has 32 heavy (non-hydrogen) atoms. The summed E-state index contributed by atoms with van der Waals surface area (Å²) in [6.07, 6.45) is 6.47. The first-order valence-corrected chi connectivity index (χ1v) is 13.3. The van der Waals surface area contributed by atoms with E-state index in [9.17, 15) is 0 Å². The van der Waals surface area contributed by atoms with E-state index in [1.54, 1.807) is 36.5 Å². The van der Waals surface area contributed by atoms with Crippen LogP contribution in [0.2, 0.25) is 0 Å². The van der Waals surface area contributed by atoms with Crippen molar-refractivity contribution >= 4 is 20.3 Å². The van der Waals surface area contributed by atoms with E-state index in [2.05, 4.69) is 92.3 Å². The number of unbranched alkanes of at least 4 members (excludes halogenated alkanes) is 2. The molecule has 1 aliphatic rings. The van der Waals surface area contributed by atoms with Crippen molar-refractivity contribution in [3.05, 3.63) is 78.4 Å². The summed E-state index contributed by atoms with van der Waals surface area (Å²) in [6.45, 7) is 13.9. The van der Waals surface area contributed by atoms with Crippen LogP contribution < -0.4 is 42.4 Å². The third kappa shape index (κ3) is 6.65. The molecule has 0 fully saturated rings. The van der Waals surface area contributed by atoms with Crippen molar-refractivity contribution in [1.82, 2.24) is 0 Å². The maximum atomic E-state index is 2.39. The van der Waals surface area contributed by atoms with Gasteiger partial charge in [-0.05, 0) is 0 Å². The summed E-state index contributed by atoms with van der Waals surface area (Å²) >= 11 is 2.39. The van der Waals surface area contributed by atoms with Crippen molar-refractivity contribution in [3.63, 3.8) is 0 Å². The van der Waals surface area contributed by atoms with Gasteiger partial charge in [-0.25, -0.2) is 0 Å². The Bertz CT molecular complexity index is 949. The van der Waals surface area contributed by atoms with Crippen LogP contribution in [0, 0.1) is 34.6 Å². The van der Waals surface area contributed by atoms with Crippen LogP contribution in [-0.2, 0) is 20.4 Å². The smallest absolute Gasteiger partial charge is 1.00 e. The van der Waals surface area contributed by atoms with Gasteiger partial charge in [-0.3, -0.25) is 0 Å². The third-order valence-electron chi connectivity index (χ3n) is 7.07. The Balaban J connectivity index is 0.00000320. The summed E-state index contributed by atoms with van der Waals surface area (Å²) in [5.41, 5.74) is 12.3. The van der Waals surface area contributed by atoms with E-state index >= 15 is 0 Å². The fourth-order valence-electron chi connectivity index (χ4n) is 4.75. The molecule has 0 saturated carbocycles. The molecule has 0 nitrogen and oxygen atoms in total. The molecule has 0 bridgehead atoms. The first-order chi connectivity index (χ1) is 13.9. The summed E-state index contributed by atoms with van der Waals surface area (Å²) in [4.78, 5) is 0. The summed E-state index contributed by atoms with van der Waals surface area (Å²) in [5, 5.41) is 3.45. The Hall–Kier alpha value is -0.279. The van der Waals surface area contributed by atoms with Crippen LogP contribution in [0.25, 0.3) is 5.57 Å². The van der Waals surface area contributed by atoms with Crippen molar-refractivity contribution in [3.8, 4) is 0 Å². The number of halogens is 3. The number of allylic oxidation sites excluding steroid dienone is 4. The average Bonchev–Trinajstić information content (AvgIpc) is 3.04. The Kier molecular flexibility index (Phi) is 14.1. The molecule has 0 aliphatic heterocycles. The zero-order chi connectivity index (χ0) is 21.1. The van der Waals surface area contributed by atoms with E-state index in [0.717, 1.165) is 0 Å². The predicted molar refractivity (Wildman–Crippen MR) is 127 cm³/mol. The van der Waals surface area contributed by atoms with Gasteiger partial charge in [0, 0.05) is 0 Å². The van der Waals surface area contributed by atoms with Gasteiger partial charge >= 0.3 is 193 Å². The van der Waals surface area contributed by atoms with E-state index in [-0.39, 0.29) is 37.2 Å². The molecule has 0 aromatic heterocycles. The molecular formula is C27H35Cl3SiTi. The molecule has 2 aromatic carbocycles. The molecule has 2 aromatic rings. The number of rotatable bonds is 7. The summed E-state index contributed by atoms with van der Waals surface area (Å²) < 4.78 is 1.57. The van der Waals surface area contributed by atoms with Crippen molar-refractivity contribution in [1.29, 1.82) is 0 Å². The van der Waals surface area contributed by atoms with E-state index < -0.39 is 9.52 Å². The van der Waals surface area contributed by atoms with E-state index in [1.807, 2.05) is 0 Å². The second-order valence-corrected chi connectivity index (χ2v) is 11.4. The van der Waals surface area contributed by atoms with Crippen LogP contribution in [0.1, 0.15) is 72.4 Å². The molecule has 0 unspecified atom stereocenters. The van der Waals surface area contributed by atoms with Crippen LogP contribution in [0.5, 0.6) is 0 Å². The van der Waals surface area contributed by atoms with Crippen molar-refractivity contribution in [2.75, 3.05) is 0 Å². The molecule has 1 aliphatic carbocycles. The predicted octanol–water partition coefficient (Wildman–Crippen LogP) is -2.77. The van der Waals surface area contributed by atoms with Crippen molar-refractivity contribution < 1.29 is 57.7 Å². The maximum Gasteiger partial charge on any atom is -1.00 e. The number of hydrogen-bond donors (Lipinski definition) is 0. The summed E-state index contributed by atoms with van der Waals surface area (Å²) in [5.74, 6) is 0. The second kappa shape index (κ2) is 14.2. The molecule has 0 saturated heterocycles. The Morgan fingerprint density at radius 2 is 1.31 bits per heavy atom. The first kappa shape index (κ1) is 31.7. The number of benzene rings is 2. The van der Waals surface area contributed by atoms with Gasteiger partial charge in [-0.15, -0.1) is 0 Å². The largest absolute Gasteiger partial charge is 1.00 e. The van der Waals surface area contributed by atoms with Gasteiger partial charge in [0.05, 0.1) is 0 Å². The molecule has 0 spiro atoms. The minimum absolute atomic E-state index is 0. The van der Waals surface area contributed by atoms with Gasteiger partial charge in [-0.2, -0.15) is 0 Å². The minimum atomic E-state index is -0.497. The molecular weight excluding hydrogens is 507 g/mol. The fraction of sp³-hybridized carbons (Fsp3) is 0.407. The topological polar surface area (TPSA) is 0 Å². The van der Waals surface area contributed by atoms with Gasteiger partial charge < -0.3 is 37.2 Å². The summed E-state index contributed by atoms with van der Waals surface area (Å²) in [6, 6.07) is 11.2. The van der Waals surface area contributed by atoms with Crippen LogP contribution in [-0.4, -0.2) is 9.52 Å². The van der Waals surface area contributed by atoms with Crippen LogP contribution in [0.4, 0.5) is 0 Å². The van der Waals surface area contributed by atoms with Crippen molar-refractivity contribution in [2.45, 2.75) is 73.6 Å². The molecule has 0 atom stereocenters. The molecule has 3 rings (SSSR count). The van der Waals surface area contributed by atoms with Gasteiger partial charge in [0.25, 0.3) is 0 Å². The molecule has 0 radical (unpaired) electrons. The Morgan fingerprint density at radius 3 is 1.84 bits per heavy atom. The van der Waals surface area contributed by atoms with Gasteiger partial charge in [0.15, 0.2) is 0 Å². The zero-order valence-electron chi connectivity index (χ0n) is 20.3. The molecule has 0 heterocycles. The normalized spacial score (nSPS) is 13.4. The van der Waals surface area contributed by atoms with Crippen molar-refractivity contribution in [2.24, 2.45) is 0 Å². The maximum absolute atomic E-state index is 2.39.